The summed E-state index contributed by atoms with van der Waals surface area (Å²) in [4.78, 5) is 12.3. The van der Waals surface area contributed by atoms with Crippen molar-refractivity contribution in [2.45, 2.75) is 18.8 Å². The Morgan fingerprint density at radius 3 is 1.93 bits per heavy atom. The van der Waals surface area contributed by atoms with Crippen molar-refractivity contribution in [3.63, 3.8) is 0 Å². The molecule has 3 aromatic carbocycles. The van der Waals surface area contributed by atoms with E-state index in [0.717, 1.165) is 17.7 Å². The normalized spacial score (nSPS) is 10.6. The van der Waals surface area contributed by atoms with Gasteiger partial charge in [0.1, 0.15) is 5.75 Å². The van der Waals surface area contributed by atoms with Crippen molar-refractivity contribution in [3.8, 4) is 5.75 Å². The second kappa shape index (κ2) is 9.58. The first kappa shape index (κ1) is 18.7. The molecule has 0 unspecified atom stereocenters. The summed E-state index contributed by atoms with van der Waals surface area (Å²) in [5.74, 6) is 1.11. The third-order valence-electron chi connectivity index (χ3n) is 4.68. The predicted molar refractivity (Wildman–Crippen MR) is 109 cm³/mol. The molecule has 0 spiro atoms. The zero-order valence-electron chi connectivity index (χ0n) is 15.6. The first-order valence-electron chi connectivity index (χ1n) is 9.26. The van der Waals surface area contributed by atoms with Crippen LogP contribution in [0, 0.1) is 0 Å². The minimum Gasteiger partial charge on any atom is -0.497 e. The van der Waals surface area contributed by atoms with Crippen LogP contribution in [0.25, 0.3) is 0 Å². The summed E-state index contributed by atoms with van der Waals surface area (Å²) in [7, 11) is 1.64. The van der Waals surface area contributed by atoms with Gasteiger partial charge in [-0.25, -0.2) is 0 Å². The van der Waals surface area contributed by atoms with E-state index in [4.69, 9.17) is 4.74 Å². The lowest BCUT2D eigenvalue weighted by Gasteiger charge is -2.18. The summed E-state index contributed by atoms with van der Waals surface area (Å²) in [5, 5.41) is 3.06. The van der Waals surface area contributed by atoms with E-state index in [0.29, 0.717) is 13.0 Å². The van der Waals surface area contributed by atoms with E-state index in [9.17, 15) is 4.79 Å². The fourth-order valence-corrected chi connectivity index (χ4v) is 3.24. The van der Waals surface area contributed by atoms with Crippen molar-refractivity contribution >= 4 is 5.91 Å². The molecule has 0 saturated carbocycles. The van der Waals surface area contributed by atoms with Crippen LogP contribution in [0.1, 0.15) is 29.0 Å². The molecule has 0 aromatic heterocycles. The summed E-state index contributed by atoms with van der Waals surface area (Å²) < 4.78 is 5.15. The van der Waals surface area contributed by atoms with Gasteiger partial charge in [0.15, 0.2) is 0 Å². The molecule has 0 aliphatic carbocycles. The lowest BCUT2D eigenvalue weighted by molar-refractivity contribution is -0.120. The van der Waals surface area contributed by atoms with Crippen molar-refractivity contribution < 1.29 is 9.53 Å². The number of rotatable bonds is 8. The van der Waals surface area contributed by atoms with E-state index < -0.39 is 0 Å². The number of hydrogen-bond acceptors (Lipinski definition) is 2. The maximum absolute atomic E-state index is 12.3. The summed E-state index contributed by atoms with van der Waals surface area (Å²) >= 11 is 0. The molecular formula is C24H25NO2. The van der Waals surface area contributed by atoms with E-state index in [-0.39, 0.29) is 11.8 Å². The molecule has 3 rings (SSSR count). The minimum absolute atomic E-state index is 0.0417. The first-order valence-corrected chi connectivity index (χ1v) is 9.26. The van der Waals surface area contributed by atoms with Gasteiger partial charge in [-0.3, -0.25) is 4.79 Å². The molecule has 0 aliphatic rings. The van der Waals surface area contributed by atoms with Gasteiger partial charge < -0.3 is 10.1 Å². The predicted octanol–water partition coefficient (Wildman–Crippen LogP) is 4.58. The zero-order valence-corrected chi connectivity index (χ0v) is 15.6. The highest BCUT2D eigenvalue weighted by molar-refractivity contribution is 5.78. The highest BCUT2D eigenvalue weighted by Crippen LogP contribution is 2.27. The minimum atomic E-state index is 0.0417. The lowest BCUT2D eigenvalue weighted by atomic mass is 9.88. The fourth-order valence-electron chi connectivity index (χ4n) is 3.24. The Hall–Kier alpha value is -3.07. The molecule has 0 radical (unpaired) electrons. The van der Waals surface area contributed by atoms with Crippen LogP contribution in [0.2, 0.25) is 0 Å². The van der Waals surface area contributed by atoms with Crippen LogP contribution in [-0.2, 0) is 11.2 Å². The quantitative estimate of drug-likeness (QED) is 0.639. The number of carbonyl (C=O) groups is 1. The van der Waals surface area contributed by atoms with Crippen molar-refractivity contribution in [2.24, 2.45) is 0 Å². The van der Waals surface area contributed by atoms with Gasteiger partial charge in [-0.05, 0) is 35.2 Å². The van der Waals surface area contributed by atoms with E-state index in [1.165, 1.54) is 11.1 Å². The van der Waals surface area contributed by atoms with Crippen LogP contribution < -0.4 is 10.1 Å². The van der Waals surface area contributed by atoms with Gasteiger partial charge in [0, 0.05) is 12.5 Å². The van der Waals surface area contributed by atoms with E-state index >= 15 is 0 Å². The second-order valence-corrected chi connectivity index (χ2v) is 6.54. The number of nitrogens with one attached hydrogen (secondary N) is 1. The molecular weight excluding hydrogens is 334 g/mol. The van der Waals surface area contributed by atoms with Gasteiger partial charge >= 0.3 is 0 Å². The lowest BCUT2D eigenvalue weighted by Crippen LogP contribution is -2.27. The summed E-state index contributed by atoms with van der Waals surface area (Å²) in [5.41, 5.74) is 3.53. The van der Waals surface area contributed by atoms with Crippen LogP contribution in [0.3, 0.4) is 0 Å². The Balaban J connectivity index is 1.58. The number of benzene rings is 3. The molecule has 1 N–H and O–H groups in total. The van der Waals surface area contributed by atoms with Gasteiger partial charge in [0.05, 0.1) is 13.5 Å². The van der Waals surface area contributed by atoms with Gasteiger partial charge in [-0.1, -0.05) is 72.8 Å². The SMILES string of the molecule is COc1ccc(CC(=O)NCCC(c2ccccc2)c2ccccc2)cc1. The van der Waals surface area contributed by atoms with Gasteiger partial charge in [-0.2, -0.15) is 0 Å². The molecule has 1 amide bonds. The number of methoxy groups -OCH3 is 1. The van der Waals surface area contributed by atoms with Crippen molar-refractivity contribution in [1.29, 1.82) is 0 Å². The summed E-state index contributed by atoms with van der Waals surface area (Å²) in [6.07, 6.45) is 1.24. The number of ether oxygens (including phenoxy) is 1. The highest BCUT2D eigenvalue weighted by atomic mass is 16.5. The first-order chi connectivity index (χ1) is 13.3. The van der Waals surface area contributed by atoms with Crippen LogP contribution in [-0.4, -0.2) is 19.6 Å². The van der Waals surface area contributed by atoms with E-state index in [1.807, 2.05) is 36.4 Å². The van der Waals surface area contributed by atoms with Crippen molar-refractivity contribution in [1.82, 2.24) is 5.32 Å². The Bertz CT molecular complexity index is 790. The maximum atomic E-state index is 12.3. The topological polar surface area (TPSA) is 38.3 Å². The van der Waals surface area contributed by atoms with E-state index in [1.54, 1.807) is 7.11 Å². The monoisotopic (exact) mass is 359 g/mol. The molecule has 3 heteroatoms. The molecule has 0 aliphatic heterocycles. The van der Waals surface area contributed by atoms with Gasteiger partial charge in [0.2, 0.25) is 5.91 Å². The smallest absolute Gasteiger partial charge is 0.224 e. The Morgan fingerprint density at radius 2 is 1.41 bits per heavy atom. The molecule has 3 aromatic rings. The largest absolute Gasteiger partial charge is 0.497 e. The van der Waals surface area contributed by atoms with Crippen molar-refractivity contribution in [3.05, 3.63) is 102 Å². The summed E-state index contributed by atoms with van der Waals surface area (Å²) in [6.45, 7) is 0.642. The molecule has 27 heavy (non-hydrogen) atoms. The second-order valence-electron chi connectivity index (χ2n) is 6.54. The van der Waals surface area contributed by atoms with Crippen LogP contribution >= 0.6 is 0 Å². The van der Waals surface area contributed by atoms with Crippen LogP contribution in [0.15, 0.2) is 84.9 Å². The van der Waals surface area contributed by atoms with Gasteiger partial charge in [-0.15, -0.1) is 0 Å². The third-order valence-corrected chi connectivity index (χ3v) is 4.68. The average Bonchev–Trinajstić information content (AvgIpc) is 2.73. The van der Waals surface area contributed by atoms with Crippen LogP contribution in [0.4, 0.5) is 0 Å². The number of carbonyl (C=O) groups excluding carboxylic acids is 1. The van der Waals surface area contributed by atoms with E-state index in [2.05, 4.69) is 53.8 Å². The third kappa shape index (κ3) is 5.45. The Morgan fingerprint density at radius 1 is 0.852 bits per heavy atom. The molecule has 3 nitrogen and oxygen atoms in total. The number of amides is 1. The van der Waals surface area contributed by atoms with Crippen molar-refractivity contribution in [2.75, 3.05) is 13.7 Å². The molecule has 0 heterocycles. The molecule has 0 bridgehead atoms. The van der Waals surface area contributed by atoms with Crippen LogP contribution in [0.5, 0.6) is 5.75 Å². The Kier molecular flexibility index (Phi) is 6.64. The van der Waals surface area contributed by atoms with Gasteiger partial charge in [0.25, 0.3) is 0 Å². The molecule has 138 valence electrons. The standard InChI is InChI=1S/C24H25NO2/c1-27-22-14-12-19(13-15-22)18-24(26)25-17-16-23(20-8-4-2-5-9-20)21-10-6-3-7-11-21/h2-15,23H,16-18H2,1H3,(H,25,26). The summed E-state index contributed by atoms with van der Waals surface area (Å²) in [6, 6.07) is 28.5. The average molecular weight is 359 g/mol. The molecule has 0 fully saturated rings. The molecule has 0 saturated heterocycles. The fraction of sp³-hybridized carbons (Fsp3) is 0.208. The highest BCUT2D eigenvalue weighted by Gasteiger charge is 2.14. The Labute approximate surface area is 161 Å². The number of hydrogen-bond donors (Lipinski definition) is 1. The molecule has 0 atom stereocenters. The zero-order chi connectivity index (χ0) is 18.9. The maximum Gasteiger partial charge on any atom is 0.224 e.